The Labute approximate surface area is 92.9 Å². The third-order valence-corrected chi connectivity index (χ3v) is 4.14. The van der Waals surface area contributed by atoms with Crippen LogP contribution in [0.1, 0.15) is 33.6 Å². The Morgan fingerprint density at radius 3 is 2.40 bits per heavy atom. The van der Waals surface area contributed by atoms with Gasteiger partial charge >= 0.3 is 6.18 Å². The maximum Gasteiger partial charge on any atom is 0.414 e. The van der Waals surface area contributed by atoms with Crippen molar-refractivity contribution in [1.82, 2.24) is 0 Å². The highest BCUT2D eigenvalue weighted by atomic mass is 35.5. The highest BCUT2D eigenvalue weighted by Gasteiger charge is 2.53. The third-order valence-electron chi connectivity index (χ3n) is 3.46. The highest BCUT2D eigenvalue weighted by Crippen LogP contribution is 2.50. The highest BCUT2D eigenvalue weighted by molar-refractivity contribution is 6.21. The van der Waals surface area contributed by atoms with E-state index in [2.05, 4.69) is 0 Å². The molecule has 0 saturated heterocycles. The molecule has 90 valence electrons. The molecule has 1 rings (SSSR count). The second-order valence-corrected chi connectivity index (χ2v) is 4.90. The van der Waals surface area contributed by atoms with E-state index in [4.69, 9.17) is 16.3 Å². The van der Waals surface area contributed by atoms with Gasteiger partial charge < -0.3 is 4.74 Å². The minimum Gasteiger partial charge on any atom is -0.365 e. The summed E-state index contributed by atoms with van der Waals surface area (Å²) in [6, 6.07) is 0. The molecule has 0 spiro atoms. The van der Waals surface area contributed by atoms with E-state index in [1.165, 1.54) is 0 Å². The van der Waals surface area contributed by atoms with Gasteiger partial charge in [-0.1, -0.05) is 13.8 Å². The first-order valence-electron chi connectivity index (χ1n) is 5.08. The summed E-state index contributed by atoms with van der Waals surface area (Å²) in [6.07, 6.45) is -5.13. The van der Waals surface area contributed by atoms with Crippen molar-refractivity contribution < 1.29 is 17.9 Å². The summed E-state index contributed by atoms with van der Waals surface area (Å²) in [5, 5.41) is -0.0760. The number of rotatable bonds is 3. The molecule has 0 N–H and O–H groups in total. The molecular formula is C10H16ClF3O. The standard InChI is InChI=1S/C10H16ClF3O/c1-4-9(3)7(11)5-8(9)15-6(2)10(12,13)14/h6-8H,4-5H2,1-3H3. The van der Waals surface area contributed by atoms with Gasteiger partial charge in [-0.15, -0.1) is 11.6 Å². The van der Waals surface area contributed by atoms with Crippen LogP contribution in [0.5, 0.6) is 0 Å². The molecule has 4 unspecified atom stereocenters. The lowest BCUT2D eigenvalue weighted by atomic mass is 9.65. The van der Waals surface area contributed by atoms with Crippen LogP contribution >= 0.6 is 11.6 Å². The summed E-state index contributed by atoms with van der Waals surface area (Å²) in [5.74, 6) is 0. The van der Waals surface area contributed by atoms with Crippen molar-refractivity contribution >= 4 is 11.6 Å². The minimum absolute atomic E-state index is 0.0760. The Hall–Kier alpha value is 0.0400. The lowest BCUT2D eigenvalue weighted by Gasteiger charge is -2.51. The van der Waals surface area contributed by atoms with Crippen LogP contribution in [0.25, 0.3) is 0 Å². The molecule has 1 fully saturated rings. The molecule has 0 radical (unpaired) electrons. The number of hydrogen-bond donors (Lipinski definition) is 0. The first-order chi connectivity index (χ1) is 6.71. The first kappa shape index (κ1) is 13.1. The average Bonchev–Trinajstić information content (AvgIpc) is 2.14. The molecular weight excluding hydrogens is 229 g/mol. The molecule has 0 amide bonds. The van der Waals surface area contributed by atoms with Crippen LogP contribution in [-0.2, 0) is 4.74 Å². The molecule has 4 atom stereocenters. The van der Waals surface area contributed by atoms with Crippen molar-refractivity contribution in [3.8, 4) is 0 Å². The van der Waals surface area contributed by atoms with Crippen molar-refractivity contribution in [2.75, 3.05) is 0 Å². The van der Waals surface area contributed by atoms with Crippen LogP contribution in [0.15, 0.2) is 0 Å². The maximum atomic E-state index is 12.3. The van der Waals surface area contributed by atoms with Gasteiger partial charge in [0.25, 0.3) is 0 Å². The molecule has 0 aromatic heterocycles. The third kappa shape index (κ3) is 2.41. The Balaban J connectivity index is 2.55. The topological polar surface area (TPSA) is 9.23 Å². The normalized spacial score (nSPS) is 38.6. The summed E-state index contributed by atoms with van der Waals surface area (Å²) in [5.41, 5.74) is -0.318. The molecule has 1 aliphatic carbocycles. The van der Waals surface area contributed by atoms with E-state index in [1.807, 2.05) is 13.8 Å². The Kier molecular flexibility index (Phi) is 3.61. The van der Waals surface area contributed by atoms with Crippen molar-refractivity contribution in [2.24, 2.45) is 5.41 Å². The quantitative estimate of drug-likeness (QED) is 0.687. The molecule has 1 saturated carbocycles. The zero-order valence-corrected chi connectivity index (χ0v) is 9.82. The summed E-state index contributed by atoms with van der Waals surface area (Å²) in [7, 11) is 0. The fourth-order valence-corrected chi connectivity index (χ4v) is 2.21. The van der Waals surface area contributed by atoms with Crippen LogP contribution in [0.2, 0.25) is 0 Å². The van der Waals surface area contributed by atoms with Crippen LogP contribution in [0.3, 0.4) is 0 Å². The SMILES string of the molecule is CCC1(C)C(Cl)CC1OC(C)C(F)(F)F. The smallest absolute Gasteiger partial charge is 0.365 e. The summed E-state index contributed by atoms with van der Waals surface area (Å²) in [6.45, 7) is 4.84. The van der Waals surface area contributed by atoms with Crippen LogP contribution in [0.4, 0.5) is 13.2 Å². The van der Waals surface area contributed by atoms with Gasteiger partial charge in [-0.05, 0) is 19.8 Å². The van der Waals surface area contributed by atoms with Crippen LogP contribution < -0.4 is 0 Å². The van der Waals surface area contributed by atoms with Crippen molar-refractivity contribution in [3.05, 3.63) is 0 Å². The van der Waals surface area contributed by atoms with E-state index in [9.17, 15) is 13.2 Å². The second-order valence-electron chi connectivity index (χ2n) is 4.37. The van der Waals surface area contributed by atoms with Gasteiger partial charge in [-0.3, -0.25) is 0 Å². The zero-order chi connectivity index (χ0) is 11.9. The lowest BCUT2D eigenvalue weighted by Crippen LogP contribution is -2.55. The number of hydrogen-bond acceptors (Lipinski definition) is 1. The molecule has 1 nitrogen and oxygen atoms in total. The first-order valence-corrected chi connectivity index (χ1v) is 5.51. The van der Waals surface area contributed by atoms with Crippen molar-refractivity contribution in [2.45, 2.75) is 57.4 Å². The summed E-state index contributed by atoms with van der Waals surface area (Å²) in [4.78, 5) is 0. The molecule has 1 aliphatic rings. The molecule has 15 heavy (non-hydrogen) atoms. The zero-order valence-electron chi connectivity index (χ0n) is 9.07. The average molecular weight is 245 g/mol. The maximum absolute atomic E-state index is 12.3. The number of halogens is 4. The van der Waals surface area contributed by atoms with Gasteiger partial charge in [0.05, 0.1) is 6.10 Å². The van der Waals surface area contributed by atoms with Gasteiger partial charge in [0.2, 0.25) is 0 Å². The van der Waals surface area contributed by atoms with E-state index in [0.717, 1.165) is 13.3 Å². The Morgan fingerprint density at radius 2 is 2.07 bits per heavy atom. The molecule has 0 bridgehead atoms. The van der Waals surface area contributed by atoms with Gasteiger partial charge in [0.1, 0.15) is 0 Å². The monoisotopic (exact) mass is 244 g/mol. The largest absolute Gasteiger partial charge is 0.414 e. The fraction of sp³-hybridized carbons (Fsp3) is 1.00. The van der Waals surface area contributed by atoms with Crippen LogP contribution in [0, 0.1) is 5.41 Å². The lowest BCUT2D eigenvalue weighted by molar-refractivity contribution is -0.252. The van der Waals surface area contributed by atoms with E-state index < -0.39 is 12.3 Å². The number of ether oxygens (including phenoxy) is 1. The van der Waals surface area contributed by atoms with Gasteiger partial charge in [0.15, 0.2) is 6.10 Å². The summed E-state index contributed by atoms with van der Waals surface area (Å²) < 4.78 is 41.8. The predicted molar refractivity (Wildman–Crippen MR) is 53.0 cm³/mol. The predicted octanol–water partition coefficient (Wildman–Crippen LogP) is 3.75. The number of alkyl halides is 4. The molecule has 5 heteroatoms. The molecule has 0 aromatic rings. The van der Waals surface area contributed by atoms with E-state index in [1.54, 1.807) is 0 Å². The van der Waals surface area contributed by atoms with Gasteiger partial charge in [-0.25, -0.2) is 0 Å². The second kappa shape index (κ2) is 4.13. The molecule has 0 aromatic carbocycles. The Bertz CT molecular complexity index is 231. The van der Waals surface area contributed by atoms with Crippen molar-refractivity contribution in [3.63, 3.8) is 0 Å². The van der Waals surface area contributed by atoms with Crippen molar-refractivity contribution in [1.29, 1.82) is 0 Å². The molecule has 0 aliphatic heterocycles. The van der Waals surface area contributed by atoms with Gasteiger partial charge in [0, 0.05) is 10.8 Å². The van der Waals surface area contributed by atoms with Gasteiger partial charge in [-0.2, -0.15) is 13.2 Å². The summed E-state index contributed by atoms with van der Waals surface area (Å²) >= 11 is 5.99. The minimum atomic E-state index is -4.29. The van der Waals surface area contributed by atoms with E-state index >= 15 is 0 Å². The van der Waals surface area contributed by atoms with E-state index in [-0.39, 0.29) is 16.9 Å². The van der Waals surface area contributed by atoms with Crippen LogP contribution in [-0.4, -0.2) is 23.8 Å². The molecule has 0 heterocycles. The Morgan fingerprint density at radius 1 is 1.53 bits per heavy atom. The fourth-order valence-electron chi connectivity index (χ4n) is 1.75. The van der Waals surface area contributed by atoms with E-state index in [0.29, 0.717) is 6.42 Å².